The zero-order valence-electron chi connectivity index (χ0n) is 16.4. The normalized spacial score (nSPS) is 17.3. The zero-order valence-corrected chi connectivity index (χ0v) is 20.4. The molecule has 0 aromatic heterocycles. The minimum atomic E-state index is -3.75. The highest BCUT2D eigenvalue weighted by Gasteiger charge is 2.32. The third-order valence-electron chi connectivity index (χ3n) is 5.14. The molecular weight excluding hydrogens is 556 g/mol. The number of halogens is 2. The van der Waals surface area contributed by atoms with Crippen LogP contribution in [0.1, 0.15) is 16.8 Å². The van der Waals surface area contributed by atoms with Gasteiger partial charge in [-0.1, -0.05) is 15.9 Å². The van der Waals surface area contributed by atoms with Crippen LogP contribution in [0.3, 0.4) is 0 Å². The van der Waals surface area contributed by atoms with E-state index in [9.17, 15) is 18.3 Å². The molecule has 2 heterocycles. The Bertz CT molecular complexity index is 1120. The molecule has 0 bridgehead atoms. The van der Waals surface area contributed by atoms with Crippen LogP contribution >= 0.6 is 31.9 Å². The molecule has 0 atom stereocenters. The number of carbonyl (C=O) groups is 1. The first kappa shape index (κ1) is 22.4. The number of fused-ring (bicyclic) bond motifs is 1. The first-order valence-corrected chi connectivity index (χ1v) is 12.7. The summed E-state index contributed by atoms with van der Waals surface area (Å²) in [6, 6.07) is 7.80. The Kier molecular flexibility index (Phi) is 6.47. The molecule has 0 unspecified atom stereocenters. The van der Waals surface area contributed by atoms with Crippen LogP contribution in [0.4, 0.5) is 0 Å². The van der Waals surface area contributed by atoms with E-state index in [0.29, 0.717) is 33.7 Å². The molecule has 1 fully saturated rings. The molecule has 2 aromatic rings. The number of piperazine rings is 1. The third-order valence-corrected chi connectivity index (χ3v) is 8.10. The molecule has 2 aliphatic heterocycles. The first-order chi connectivity index (χ1) is 14.8. The van der Waals surface area contributed by atoms with Crippen LogP contribution in [0.2, 0.25) is 0 Å². The van der Waals surface area contributed by atoms with Crippen molar-refractivity contribution in [2.45, 2.75) is 11.3 Å². The molecule has 1 N–H and O–H groups in total. The van der Waals surface area contributed by atoms with Crippen molar-refractivity contribution in [2.24, 2.45) is 0 Å². The van der Waals surface area contributed by atoms with Crippen LogP contribution in [-0.2, 0) is 10.0 Å². The SMILES string of the molecule is O=C(c1cc(Br)cc(Br)c1O)N1CCN(S(=O)(=O)c2ccc3c(c2)OCCCO3)CC1. The van der Waals surface area contributed by atoms with Gasteiger partial charge in [-0.3, -0.25) is 4.79 Å². The van der Waals surface area contributed by atoms with Crippen LogP contribution in [0.15, 0.2) is 44.2 Å². The summed E-state index contributed by atoms with van der Waals surface area (Å²) >= 11 is 6.54. The lowest BCUT2D eigenvalue weighted by atomic mass is 10.1. The van der Waals surface area contributed by atoms with Crippen molar-refractivity contribution in [3.05, 3.63) is 44.8 Å². The topological polar surface area (TPSA) is 96.4 Å². The number of sulfonamides is 1. The van der Waals surface area contributed by atoms with Gasteiger partial charge in [0.2, 0.25) is 10.0 Å². The lowest BCUT2D eigenvalue weighted by Crippen LogP contribution is -2.50. The quantitative estimate of drug-likeness (QED) is 0.604. The Hall–Kier alpha value is -1.82. The molecule has 31 heavy (non-hydrogen) atoms. The minimum Gasteiger partial charge on any atom is -0.506 e. The van der Waals surface area contributed by atoms with Crippen LogP contribution in [0.5, 0.6) is 17.2 Å². The second-order valence-electron chi connectivity index (χ2n) is 7.14. The van der Waals surface area contributed by atoms with Gasteiger partial charge in [-0.15, -0.1) is 0 Å². The number of aromatic hydroxyl groups is 1. The van der Waals surface area contributed by atoms with E-state index in [1.165, 1.54) is 21.3 Å². The standard InChI is InChI=1S/C20H20Br2N2O6S/c21-13-10-15(19(25)16(22)11-13)20(26)23-4-6-24(7-5-23)31(27,28)14-2-3-17-18(12-14)30-9-1-8-29-17/h2-3,10-12,25H,1,4-9H2. The summed E-state index contributed by atoms with van der Waals surface area (Å²) in [5, 5.41) is 10.2. The second kappa shape index (κ2) is 8.97. The van der Waals surface area contributed by atoms with Gasteiger partial charge in [-0.05, 0) is 40.2 Å². The van der Waals surface area contributed by atoms with Gasteiger partial charge in [0.1, 0.15) is 5.75 Å². The predicted octanol–water partition coefficient (Wildman–Crippen LogP) is 3.23. The van der Waals surface area contributed by atoms with Crippen molar-refractivity contribution in [3.63, 3.8) is 0 Å². The van der Waals surface area contributed by atoms with Crippen molar-refractivity contribution in [3.8, 4) is 17.2 Å². The predicted molar refractivity (Wildman–Crippen MR) is 120 cm³/mol. The van der Waals surface area contributed by atoms with Crippen molar-refractivity contribution in [1.29, 1.82) is 0 Å². The number of rotatable bonds is 3. The maximum atomic E-state index is 13.1. The highest BCUT2D eigenvalue weighted by atomic mass is 79.9. The molecule has 0 aliphatic carbocycles. The van der Waals surface area contributed by atoms with Crippen molar-refractivity contribution in [1.82, 2.24) is 9.21 Å². The fraction of sp³-hybridized carbons (Fsp3) is 0.350. The summed E-state index contributed by atoms with van der Waals surface area (Å²) in [7, 11) is -3.75. The molecular formula is C20H20Br2N2O6S. The number of ether oxygens (including phenoxy) is 2. The fourth-order valence-electron chi connectivity index (χ4n) is 3.48. The Morgan fingerprint density at radius 1 is 0.968 bits per heavy atom. The summed E-state index contributed by atoms with van der Waals surface area (Å²) in [5.74, 6) is 0.456. The molecule has 1 saturated heterocycles. The van der Waals surface area contributed by atoms with Gasteiger partial charge < -0.3 is 19.5 Å². The molecule has 2 aliphatic rings. The van der Waals surface area contributed by atoms with Crippen molar-refractivity contribution in [2.75, 3.05) is 39.4 Å². The molecule has 0 saturated carbocycles. The Labute approximate surface area is 197 Å². The van der Waals surface area contributed by atoms with Crippen LogP contribution in [-0.4, -0.2) is 68.0 Å². The smallest absolute Gasteiger partial charge is 0.257 e. The number of carbonyl (C=O) groups excluding carboxylic acids is 1. The third kappa shape index (κ3) is 4.55. The van der Waals surface area contributed by atoms with Gasteiger partial charge in [0.05, 0.1) is 28.1 Å². The van der Waals surface area contributed by atoms with E-state index < -0.39 is 10.0 Å². The van der Waals surface area contributed by atoms with Crippen LogP contribution in [0, 0.1) is 0 Å². The average Bonchev–Trinajstić information content (AvgIpc) is 3.00. The van der Waals surface area contributed by atoms with Gasteiger partial charge in [0.25, 0.3) is 5.91 Å². The van der Waals surface area contributed by atoms with Gasteiger partial charge in [-0.2, -0.15) is 4.31 Å². The fourth-order valence-corrected chi connectivity index (χ4v) is 6.15. The van der Waals surface area contributed by atoms with Gasteiger partial charge in [0, 0.05) is 43.1 Å². The Balaban J connectivity index is 1.48. The van der Waals surface area contributed by atoms with Crippen molar-refractivity contribution >= 4 is 47.8 Å². The summed E-state index contributed by atoms with van der Waals surface area (Å²) in [5.41, 5.74) is 0.153. The number of amides is 1. The first-order valence-electron chi connectivity index (χ1n) is 9.64. The Morgan fingerprint density at radius 3 is 2.35 bits per heavy atom. The number of nitrogens with zero attached hydrogens (tertiary/aromatic N) is 2. The summed E-state index contributed by atoms with van der Waals surface area (Å²) in [4.78, 5) is 14.5. The lowest BCUT2D eigenvalue weighted by Gasteiger charge is -2.34. The number of hydrogen-bond acceptors (Lipinski definition) is 6. The maximum absolute atomic E-state index is 13.1. The maximum Gasteiger partial charge on any atom is 0.257 e. The number of hydrogen-bond donors (Lipinski definition) is 1. The molecule has 0 radical (unpaired) electrons. The monoisotopic (exact) mass is 574 g/mol. The molecule has 166 valence electrons. The highest BCUT2D eigenvalue weighted by Crippen LogP contribution is 2.34. The van der Waals surface area contributed by atoms with Crippen LogP contribution in [0.25, 0.3) is 0 Å². The molecule has 1 amide bonds. The Morgan fingerprint density at radius 2 is 1.65 bits per heavy atom. The summed E-state index contributed by atoms with van der Waals surface area (Å²) in [6.07, 6.45) is 0.733. The van der Waals surface area contributed by atoms with Crippen molar-refractivity contribution < 1.29 is 27.8 Å². The molecule has 0 spiro atoms. The second-order valence-corrected chi connectivity index (χ2v) is 10.8. The zero-order chi connectivity index (χ0) is 22.2. The number of phenols is 1. The van der Waals surface area contributed by atoms with Gasteiger partial charge in [0.15, 0.2) is 11.5 Å². The van der Waals surface area contributed by atoms with E-state index in [0.717, 1.165) is 6.42 Å². The largest absolute Gasteiger partial charge is 0.506 e. The van der Waals surface area contributed by atoms with E-state index in [-0.39, 0.29) is 48.3 Å². The van der Waals surface area contributed by atoms with E-state index in [4.69, 9.17) is 9.47 Å². The molecule has 2 aromatic carbocycles. The molecule has 11 heteroatoms. The summed E-state index contributed by atoms with van der Waals surface area (Å²) in [6.45, 7) is 1.73. The van der Waals surface area contributed by atoms with E-state index >= 15 is 0 Å². The number of phenolic OH excluding ortho intramolecular Hbond substituents is 1. The van der Waals surface area contributed by atoms with E-state index in [2.05, 4.69) is 31.9 Å². The van der Waals surface area contributed by atoms with E-state index in [1.54, 1.807) is 18.2 Å². The van der Waals surface area contributed by atoms with Gasteiger partial charge >= 0.3 is 0 Å². The van der Waals surface area contributed by atoms with Crippen LogP contribution < -0.4 is 9.47 Å². The van der Waals surface area contributed by atoms with Gasteiger partial charge in [-0.25, -0.2) is 8.42 Å². The summed E-state index contributed by atoms with van der Waals surface area (Å²) < 4.78 is 39.8. The highest BCUT2D eigenvalue weighted by molar-refractivity contribution is 9.11. The molecule has 8 nitrogen and oxygen atoms in total. The average molecular weight is 576 g/mol. The minimum absolute atomic E-state index is 0.130. The molecule has 4 rings (SSSR count). The lowest BCUT2D eigenvalue weighted by molar-refractivity contribution is 0.0694. The number of benzene rings is 2. The van der Waals surface area contributed by atoms with E-state index in [1.807, 2.05) is 0 Å².